The highest BCUT2D eigenvalue weighted by atomic mass is 16.3. The number of aliphatic hydroxyl groups excluding tert-OH is 1. The van der Waals surface area contributed by atoms with Crippen LogP contribution in [-0.2, 0) is 9.59 Å². The van der Waals surface area contributed by atoms with Gasteiger partial charge in [-0.1, -0.05) is 27.7 Å². The number of rotatable bonds is 11. The Kier molecular flexibility index (Phi) is 10.2. The Labute approximate surface area is 144 Å². The maximum absolute atomic E-state index is 12.4. The van der Waals surface area contributed by atoms with Crippen LogP contribution in [0.5, 0.6) is 0 Å². The molecule has 0 aromatic carbocycles. The highest BCUT2D eigenvalue weighted by Gasteiger charge is 2.29. The van der Waals surface area contributed by atoms with E-state index in [1.807, 2.05) is 13.8 Å². The summed E-state index contributed by atoms with van der Waals surface area (Å²) in [6, 6.07) is -1.37. The van der Waals surface area contributed by atoms with Crippen molar-refractivity contribution in [2.24, 2.45) is 22.4 Å². The smallest absolute Gasteiger partial charge is 0.240 e. The molecule has 8 nitrogen and oxygen atoms in total. The summed E-state index contributed by atoms with van der Waals surface area (Å²) in [5.74, 6) is -0.649. The van der Waals surface area contributed by atoms with E-state index in [9.17, 15) is 14.7 Å². The molecule has 0 aliphatic rings. The monoisotopic (exact) mass is 343 g/mol. The molecule has 0 saturated heterocycles. The van der Waals surface area contributed by atoms with Gasteiger partial charge in [0.15, 0.2) is 11.7 Å². The minimum atomic E-state index is -0.871. The van der Waals surface area contributed by atoms with Gasteiger partial charge in [0.05, 0.1) is 12.1 Å². The van der Waals surface area contributed by atoms with Crippen LogP contribution in [0.15, 0.2) is 4.99 Å². The molecule has 0 aliphatic heterocycles. The normalized spacial score (nSPS) is 15.0. The Morgan fingerprint density at radius 2 is 1.71 bits per heavy atom. The summed E-state index contributed by atoms with van der Waals surface area (Å²) in [5, 5.41) is 15.6. The third-order valence-corrected chi connectivity index (χ3v) is 3.45. The van der Waals surface area contributed by atoms with E-state index in [1.165, 1.54) is 6.92 Å². The number of nitrogens with one attached hydrogen (secondary N) is 2. The van der Waals surface area contributed by atoms with Crippen molar-refractivity contribution in [2.75, 3.05) is 6.54 Å². The van der Waals surface area contributed by atoms with Gasteiger partial charge in [-0.25, -0.2) is 0 Å². The minimum Gasteiger partial charge on any atom is -0.391 e. The van der Waals surface area contributed by atoms with Gasteiger partial charge in [0.2, 0.25) is 5.91 Å². The van der Waals surface area contributed by atoms with Gasteiger partial charge >= 0.3 is 0 Å². The Morgan fingerprint density at radius 1 is 1.12 bits per heavy atom. The molecule has 0 fully saturated rings. The molecule has 0 radical (unpaired) electrons. The van der Waals surface area contributed by atoms with Crippen LogP contribution in [0, 0.1) is 5.92 Å². The van der Waals surface area contributed by atoms with Crippen LogP contribution >= 0.6 is 0 Å². The van der Waals surface area contributed by atoms with E-state index < -0.39 is 18.2 Å². The lowest BCUT2D eigenvalue weighted by molar-refractivity contribution is -0.132. The topological polar surface area (TPSA) is 143 Å². The molecule has 140 valence electrons. The number of Topliss-reactive ketones (excluding diaryl/α,β-unsaturated/α-hetero) is 1. The number of carbonyl (C=O) groups is 2. The molecule has 0 aromatic heterocycles. The number of aliphatic imine (C=N–C) groups is 1. The van der Waals surface area contributed by atoms with Crippen LogP contribution in [0.4, 0.5) is 0 Å². The molecule has 0 rings (SSSR count). The number of hydrogen-bond acceptors (Lipinski definition) is 5. The third kappa shape index (κ3) is 8.83. The number of aliphatic hydroxyl groups is 1. The Bertz CT molecular complexity index is 431. The second-order valence-corrected chi connectivity index (χ2v) is 6.61. The summed E-state index contributed by atoms with van der Waals surface area (Å²) >= 11 is 0. The van der Waals surface area contributed by atoms with Crippen LogP contribution in [-0.4, -0.2) is 53.5 Å². The van der Waals surface area contributed by atoms with Gasteiger partial charge in [0, 0.05) is 18.5 Å². The molecule has 0 spiro atoms. The SMILES string of the molecule is CC(C)N[C@H](C(=O)N[C@@H](CCCN=C(N)N)C(=O)C(C)C)C(C)O. The van der Waals surface area contributed by atoms with Gasteiger partial charge in [-0.3, -0.25) is 14.6 Å². The average molecular weight is 343 g/mol. The van der Waals surface area contributed by atoms with Crippen molar-refractivity contribution in [3.63, 3.8) is 0 Å². The van der Waals surface area contributed by atoms with Gasteiger partial charge in [-0.05, 0) is 19.8 Å². The maximum atomic E-state index is 12.4. The summed E-state index contributed by atoms with van der Waals surface area (Å²) in [5.41, 5.74) is 10.5. The zero-order valence-electron chi connectivity index (χ0n) is 15.4. The lowest BCUT2D eigenvalue weighted by atomic mass is 9.97. The lowest BCUT2D eigenvalue weighted by Gasteiger charge is -2.26. The molecule has 0 saturated carbocycles. The van der Waals surface area contributed by atoms with Crippen LogP contribution < -0.4 is 22.1 Å². The molecule has 0 bridgehead atoms. The number of guanidine groups is 1. The maximum Gasteiger partial charge on any atom is 0.240 e. The fourth-order valence-corrected chi connectivity index (χ4v) is 2.25. The molecule has 8 heteroatoms. The van der Waals surface area contributed by atoms with Gasteiger partial charge in [-0.2, -0.15) is 0 Å². The van der Waals surface area contributed by atoms with Gasteiger partial charge in [0.1, 0.15) is 6.04 Å². The summed E-state index contributed by atoms with van der Waals surface area (Å²) in [7, 11) is 0. The predicted octanol–water partition coefficient (Wildman–Crippen LogP) is -0.503. The van der Waals surface area contributed by atoms with Crippen LogP contribution in [0.1, 0.15) is 47.5 Å². The average Bonchev–Trinajstić information content (AvgIpc) is 2.45. The van der Waals surface area contributed by atoms with Crippen LogP contribution in [0.25, 0.3) is 0 Å². The van der Waals surface area contributed by atoms with E-state index in [1.54, 1.807) is 13.8 Å². The van der Waals surface area contributed by atoms with Crippen molar-refractivity contribution in [2.45, 2.75) is 71.7 Å². The second kappa shape index (κ2) is 11.0. The molecular weight excluding hydrogens is 310 g/mol. The summed E-state index contributed by atoms with van der Waals surface area (Å²) in [4.78, 5) is 28.7. The Balaban J connectivity index is 4.92. The zero-order valence-corrected chi connectivity index (χ0v) is 15.4. The molecule has 3 atom stereocenters. The Morgan fingerprint density at radius 3 is 2.12 bits per heavy atom. The number of ketones is 1. The highest BCUT2D eigenvalue weighted by molar-refractivity contribution is 5.92. The first-order chi connectivity index (χ1) is 11.1. The number of hydrogen-bond donors (Lipinski definition) is 5. The summed E-state index contributed by atoms with van der Waals surface area (Å²) in [6.45, 7) is 9.27. The molecule has 1 unspecified atom stereocenters. The lowest BCUT2D eigenvalue weighted by Crippen LogP contribution is -2.56. The predicted molar refractivity (Wildman–Crippen MR) is 95.4 cm³/mol. The van der Waals surface area contributed by atoms with E-state index in [0.29, 0.717) is 19.4 Å². The summed E-state index contributed by atoms with van der Waals surface area (Å²) in [6.07, 6.45) is 0.135. The van der Waals surface area contributed by atoms with E-state index in [4.69, 9.17) is 11.5 Å². The quantitative estimate of drug-likeness (QED) is 0.194. The van der Waals surface area contributed by atoms with Crippen molar-refractivity contribution < 1.29 is 14.7 Å². The van der Waals surface area contributed by atoms with Gasteiger partial charge in [0.25, 0.3) is 0 Å². The standard InChI is InChI=1S/C16H33N5O3/c1-9(2)14(23)12(7-6-8-19-16(17)18)21-15(24)13(11(5)22)20-10(3)4/h9-13,20,22H,6-8H2,1-5H3,(H,21,24)(H4,17,18,19)/t11?,12-,13-/m0/s1. The van der Waals surface area contributed by atoms with Crippen molar-refractivity contribution in [1.82, 2.24) is 10.6 Å². The van der Waals surface area contributed by atoms with E-state index in [-0.39, 0.29) is 29.6 Å². The fraction of sp³-hybridized carbons (Fsp3) is 0.812. The minimum absolute atomic E-state index is 0.000995. The van der Waals surface area contributed by atoms with Crippen LogP contribution in [0.3, 0.4) is 0 Å². The van der Waals surface area contributed by atoms with E-state index >= 15 is 0 Å². The van der Waals surface area contributed by atoms with E-state index in [0.717, 1.165) is 0 Å². The fourth-order valence-electron chi connectivity index (χ4n) is 2.25. The summed E-state index contributed by atoms with van der Waals surface area (Å²) < 4.78 is 0. The molecule has 0 aliphatic carbocycles. The number of nitrogens with zero attached hydrogens (tertiary/aromatic N) is 1. The molecule has 7 N–H and O–H groups in total. The van der Waals surface area contributed by atoms with Crippen molar-refractivity contribution in [1.29, 1.82) is 0 Å². The number of nitrogens with two attached hydrogens (primary N) is 2. The Hall–Kier alpha value is -1.67. The number of carbonyl (C=O) groups excluding carboxylic acids is 2. The van der Waals surface area contributed by atoms with Gasteiger partial charge < -0.3 is 27.2 Å². The molecule has 1 amide bonds. The molecule has 24 heavy (non-hydrogen) atoms. The second-order valence-electron chi connectivity index (χ2n) is 6.61. The first kappa shape index (κ1) is 22.3. The first-order valence-corrected chi connectivity index (χ1v) is 8.39. The van der Waals surface area contributed by atoms with Crippen molar-refractivity contribution in [3.8, 4) is 0 Å². The van der Waals surface area contributed by atoms with Gasteiger partial charge in [-0.15, -0.1) is 0 Å². The third-order valence-electron chi connectivity index (χ3n) is 3.45. The van der Waals surface area contributed by atoms with E-state index in [2.05, 4.69) is 15.6 Å². The molecule has 0 aromatic rings. The first-order valence-electron chi connectivity index (χ1n) is 8.39. The molecule has 0 heterocycles. The highest BCUT2D eigenvalue weighted by Crippen LogP contribution is 2.08. The largest absolute Gasteiger partial charge is 0.391 e. The molecular formula is C16H33N5O3. The number of amides is 1. The van der Waals surface area contributed by atoms with Crippen molar-refractivity contribution >= 4 is 17.6 Å². The van der Waals surface area contributed by atoms with Crippen molar-refractivity contribution in [3.05, 3.63) is 0 Å². The zero-order chi connectivity index (χ0) is 18.9. The van der Waals surface area contributed by atoms with Crippen LogP contribution in [0.2, 0.25) is 0 Å².